The number of alkyl halides is 2. The normalized spacial score (nSPS) is 15.4. The van der Waals surface area contributed by atoms with Crippen molar-refractivity contribution in [1.82, 2.24) is 4.72 Å². The van der Waals surface area contributed by atoms with Gasteiger partial charge in [0, 0.05) is 0 Å². The van der Waals surface area contributed by atoms with Gasteiger partial charge in [-0.25, -0.2) is 17.3 Å². The monoisotopic (exact) mass is 401 g/mol. The van der Waals surface area contributed by atoms with Crippen molar-refractivity contribution < 1.29 is 21.4 Å². The Morgan fingerprint density at radius 1 is 0.923 bits per heavy atom. The van der Waals surface area contributed by atoms with Gasteiger partial charge in [0.25, 0.3) is 0 Å². The predicted molar refractivity (Wildman–Crippen MR) is 98.8 cm³/mol. The van der Waals surface area contributed by atoms with Crippen LogP contribution in [0.1, 0.15) is 32.4 Å². The highest BCUT2D eigenvalue weighted by Crippen LogP contribution is 2.40. The number of hydrogen-bond acceptors (Lipinski definition) is 3. The van der Waals surface area contributed by atoms with Gasteiger partial charge in [0.15, 0.2) is 0 Å². The van der Waals surface area contributed by atoms with Gasteiger partial charge in [-0.1, -0.05) is 48.5 Å². The van der Waals surface area contributed by atoms with E-state index in [1.807, 2.05) is 0 Å². The molecule has 0 heterocycles. The van der Waals surface area contributed by atoms with Crippen LogP contribution < -0.4 is 4.72 Å². The number of benzene rings is 2. The molecule has 26 heavy (non-hydrogen) atoms. The van der Waals surface area contributed by atoms with Crippen molar-refractivity contribution in [3.63, 3.8) is 0 Å². The van der Waals surface area contributed by atoms with Crippen molar-refractivity contribution in [2.24, 2.45) is 0 Å². The Hall–Kier alpha value is -1.64. The largest absolute Gasteiger partial charge is 0.369 e. The molecule has 0 saturated heterocycles. The summed E-state index contributed by atoms with van der Waals surface area (Å²) in [6, 6.07) is 12.0. The molecule has 0 fully saturated rings. The van der Waals surface area contributed by atoms with Gasteiger partial charge in [-0.3, -0.25) is 0 Å². The molecule has 0 aliphatic rings. The molecule has 2 aromatic carbocycles. The maximum Gasteiger partial charge on any atom is 0.369 e. The van der Waals surface area contributed by atoms with Gasteiger partial charge in [-0.15, -0.1) is 0 Å². The van der Waals surface area contributed by atoms with Gasteiger partial charge in [0.05, 0.1) is 20.6 Å². The molecule has 1 unspecified atom stereocenters. The molecule has 0 aliphatic heterocycles. The highest BCUT2D eigenvalue weighted by Gasteiger charge is 2.54. The van der Waals surface area contributed by atoms with Crippen LogP contribution in [0.2, 0.25) is 0 Å². The fourth-order valence-corrected chi connectivity index (χ4v) is 4.43. The maximum atomic E-state index is 15.2. The summed E-state index contributed by atoms with van der Waals surface area (Å²) in [7, 11) is -6.91. The van der Waals surface area contributed by atoms with E-state index in [0.29, 0.717) is 0 Å². The van der Waals surface area contributed by atoms with Crippen LogP contribution >= 0.6 is 0 Å². The van der Waals surface area contributed by atoms with Crippen molar-refractivity contribution in [2.75, 3.05) is 0 Å². The Balaban J connectivity index is 2.55. The third kappa shape index (κ3) is 4.19. The summed E-state index contributed by atoms with van der Waals surface area (Å²) in [5.41, 5.74) is 0.0367. The average molecular weight is 402 g/mol. The molecule has 0 radical (unpaired) electrons. The van der Waals surface area contributed by atoms with Crippen LogP contribution in [0.25, 0.3) is 0 Å². The minimum Gasteiger partial charge on any atom is -0.242 e. The topological polar surface area (TPSA) is 63.2 Å². The zero-order chi connectivity index (χ0) is 19.6. The first kappa shape index (κ1) is 20.7. The highest BCUT2D eigenvalue weighted by atomic mass is 32.2. The zero-order valence-corrected chi connectivity index (χ0v) is 16.3. The van der Waals surface area contributed by atoms with Gasteiger partial charge in [-0.05, 0) is 38.5 Å². The first-order valence-electron chi connectivity index (χ1n) is 7.88. The van der Waals surface area contributed by atoms with E-state index < -0.39 is 41.8 Å². The van der Waals surface area contributed by atoms with Crippen LogP contribution in [-0.2, 0) is 20.8 Å². The van der Waals surface area contributed by atoms with Crippen molar-refractivity contribution in [2.45, 2.75) is 41.7 Å². The molecular formula is C18H21F2NO3S2. The fourth-order valence-electron chi connectivity index (χ4n) is 2.17. The van der Waals surface area contributed by atoms with Crippen molar-refractivity contribution in [3.05, 3.63) is 66.2 Å². The smallest absolute Gasteiger partial charge is 0.242 e. The van der Waals surface area contributed by atoms with Crippen LogP contribution in [-0.4, -0.2) is 22.6 Å². The van der Waals surface area contributed by atoms with E-state index in [-0.39, 0.29) is 5.56 Å². The molecule has 2 rings (SSSR count). The van der Waals surface area contributed by atoms with Crippen LogP contribution in [0.3, 0.4) is 0 Å². The molecule has 0 spiro atoms. The number of halogens is 2. The van der Waals surface area contributed by atoms with Gasteiger partial charge in [0.2, 0.25) is 9.84 Å². The highest BCUT2D eigenvalue weighted by molar-refractivity contribution is 7.92. The Morgan fingerprint density at radius 3 is 1.85 bits per heavy atom. The van der Waals surface area contributed by atoms with Gasteiger partial charge >= 0.3 is 5.25 Å². The predicted octanol–water partition coefficient (Wildman–Crippen LogP) is 3.85. The molecule has 8 heteroatoms. The molecular weight excluding hydrogens is 380 g/mol. The lowest BCUT2D eigenvalue weighted by atomic mass is 10.1. The first-order chi connectivity index (χ1) is 12.0. The fraction of sp³-hybridized carbons (Fsp3) is 0.333. The lowest BCUT2D eigenvalue weighted by Crippen LogP contribution is -2.47. The second-order valence-electron chi connectivity index (χ2n) is 6.72. The van der Waals surface area contributed by atoms with Crippen LogP contribution in [0.15, 0.2) is 65.6 Å². The summed E-state index contributed by atoms with van der Waals surface area (Å²) in [6.07, 6.45) is 0. The molecule has 0 aliphatic carbocycles. The summed E-state index contributed by atoms with van der Waals surface area (Å²) in [5.74, 6) is 0. The van der Waals surface area contributed by atoms with E-state index in [1.54, 1.807) is 32.9 Å². The second kappa shape index (κ2) is 7.54. The number of hydrogen-bond donors (Lipinski definition) is 1. The summed E-state index contributed by atoms with van der Waals surface area (Å²) < 4.78 is 69.5. The summed E-state index contributed by atoms with van der Waals surface area (Å²) in [5, 5.41) is -4.21. The number of sulfone groups is 1. The van der Waals surface area contributed by atoms with E-state index in [9.17, 15) is 12.6 Å². The quantitative estimate of drug-likeness (QED) is 0.800. The molecule has 1 N–H and O–H groups in total. The van der Waals surface area contributed by atoms with E-state index in [4.69, 9.17) is 0 Å². The zero-order valence-electron chi connectivity index (χ0n) is 14.6. The molecule has 0 bridgehead atoms. The molecule has 2 atom stereocenters. The average Bonchev–Trinajstić information content (AvgIpc) is 2.59. The Morgan fingerprint density at radius 2 is 1.38 bits per heavy atom. The standard InChI is InChI=1S/C18H21F2NO3S2/c1-17(2,3)25(22)21-16(14-10-6-4-7-11-14)18(19,20)26(23,24)15-12-8-5-9-13-15/h4-13,16,21H,1-3H3/t16-,25?/m0/s1. The summed E-state index contributed by atoms with van der Waals surface area (Å²) in [6.45, 7) is 4.84. The van der Waals surface area contributed by atoms with Crippen molar-refractivity contribution in [1.29, 1.82) is 0 Å². The van der Waals surface area contributed by atoms with Gasteiger partial charge < -0.3 is 0 Å². The van der Waals surface area contributed by atoms with Crippen LogP contribution in [0.4, 0.5) is 8.78 Å². The van der Waals surface area contributed by atoms with E-state index >= 15 is 8.78 Å². The lowest BCUT2D eigenvalue weighted by Gasteiger charge is -2.30. The van der Waals surface area contributed by atoms with Gasteiger partial charge in [-0.2, -0.15) is 8.78 Å². The van der Waals surface area contributed by atoms with Crippen LogP contribution in [0, 0.1) is 0 Å². The van der Waals surface area contributed by atoms with Crippen molar-refractivity contribution in [3.8, 4) is 0 Å². The van der Waals surface area contributed by atoms with E-state index in [0.717, 1.165) is 12.1 Å². The van der Waals surface area contributed by atoms with Crippen LogP contribution in [0.5, 0.6) is 0 Å². The van der Waals surface area contributed by atoms with Crippen molar-refractivity contribution >= 4 is 20.8 Å². The minimum atomic E-state index is -5.01. The number of nitrogens with one attached hydrogen (secondary N) is 1. The Labute approximate surface area is 155 Å². The van der Waals surface area contributed by atoms with Gasteiger partial charge in [0.1, 0.15) is 6.04 Å². The lowest BCUT2D eigenvalue weighted by molar-refractivity contribution is 0.0559. The minimum absolute atomic E-state index is 0.0367. The van der Waals surface area contributed by atoms with E-state index in [1.165, 1.54) is 36.4 Å². The van der Waals surface area contributed by atoms with E-state index in [2.05, 4.69) is 4.72 Å². The molecule has 0 aromatic heterocycles. The third-order valence-corrected chi connectivity index (χ3v) is 7.07. The second-order valence-corrected chi connectivity index (χ2v) is 10.7. The third-order valence-electron chi connectivity index (χ3n) is 3.66. The Bertz CT molecular complexity index is 864. The molecule has 2 aromatic rings. The maximum absolute atomic E-state index is 15.2. The molecule has 0 saturated carbocycles. The molecule has 142 valence electrons. The summed E-state index contributed by atoms with van der Waals surface area (Å²) >= 11 is 0. The summed E-state index contributed by atoms with van der Waals surface area (Å²) in [4.78, 5) is -0.491. The molecule has 4 nitrogen and oxygen atoms in total. The number of rotatable bonds is 6. The Kier molecular flexibility index (Phi) is 5.99. The molecule has 0 amide bonds. The SMILES string of the molecule is CC(C)(C)S(=O)N[C@@H](c1ccccc1)C(F)(F)S(=O)(=O)c1ccccc1. The first-order valence-corrected chi connectivity index (χ1v) is 10.5.